The maximum atomic E-state index is 5.45. The van der Waals surface area contributed by atoms with E-state index in [1.54, 1.807) is 7.11 Å². The van der Waals surface area contributed by atoms with Gasteiger partial charge in [-0.05, 0) is 45.9 Å². The second-order valence-electron chi connectivity index (χ2n) is 6.18. The third kappa shape index (κ3) is 8.76. The molecule has 0 aliphatic heterocycles. The lowest BCUT2D eigenvalue weighted by atomic mass is 10.1. The molecule has 2 N–H and O–H groups in total. The van der Waals surface area contributed by atoms with Crippen molar-refractivity contribution in [2.75, 3.05) is 33.8 Å². The molecule has 0 fully saturated rings. The fourth-order valence-electron chi connectivity index (χ4n) is 2.37. The lowest BCUT2D eigenvalue weighted by Crippen LogP contribution is -2.42. The third-order valence-corrected chi connectivity index (χ3v) is 4.29. The van der Waals surface area contributed by atoms with Crippen LogP contribution in [0.25, 0.3) is 0 Å². The number of methoxy groups -OCH3 is 1. The Labute approximate surface area is 170 Å². The number of rotatable bonds is 9. The molecular weight excluding hydrogens is 427 g/mol. The van der Waals surface area contributed by atoms with Crippen LogP contribution in [-0.2, 0) is 6.54 Å². The Morgan fingerprint density at radius 1 is 1.28 bits per heavy atom. The van der Waals surface area contributed by atoms with Crippen molar-refractivity contribution in [1.29, 1.82) is 0 Å². The summed E-state index contributed by atoms with van der Waals surface area (Å²) < 4.78 is 5.45. The van der Waals surface area contributed by atoms with Crippen molar-refractivity contribution in [3.8, 4) is 5.75 Å². The molecule has 6 heteroatoms. The van der Waals surface area contributed by atoms with Crippen LogP contribution in [0.1, 0.15) is 38.3 Å². The fraction of sp³-hybridized carbons (Fsp3) is 0.632. The highest BCUT2D eigenvalue weighted by Crippen LogP contribution is 2.20. The number of halogens is 1. The van der Waals surface area contributed by atoms with Gasteiger partial charge in [-0.1, -0.05) is 19.1 Å². The lowest BCUT2D eigenvalue weighted by molar-refractivity contribution is 0.255. The fourth-order valence-corrected chi connectivity index (χ4v) is 2.37. The Hall–Kier alpha value is -1.02. The van der Waals surface area contributed by atoms with Crippen LogP contribution in [0, 0.1) is 6.92 Å². The molecule has 0 saturated heterocycles. The monoisotopic (exact) mass is 462 g/mol. The Morgan fingerprint density at radius 3 is 2.60 bits per heavy atom. The van der Waals surface area contributed by atoms with Crippen molar-refractivity contribution in [2.24, 2.45) is 4.99 Å². The number of likely N-dealkylation sites (N-methyl/N-ethyl adjacent to an activating group) is 1. The molecule has 0 heterocycles. The first-order valence-electron chi connectivity index (χ1n) is 8.87. The van der Waals surface area contributed by atoms with E-state index in [0.29, 0.717) is 12.6 Å². The molecule has 0 aliphatic carbocycles. The Bertz CT molecular complexity index is 522. The second-order valence-corrected chi connectivity index (χ2v) is 6.18. The molecule has 1 aromatic rings. The first kappa shape index (κ1) is 24.0. The van der Waals surface area contributed by atoms with E-state index >= 15 is 0 Å². The van der Waals surface area contributed by atoms with Gasteiger partial charge < -0.3 is 20.3 Å². The quantitative estimate of drug-likeness (QED) is 0.336. The van der Waals surface area contributed by atoms with E-state index < -0.39 is 0 Å². The maximum Gasteiger partial charge on any atom is 0.191 e. The van der Waals surface area contributed by atoms with Crippen LogP contribution in [0.3, 0.4) is 0 Å². The van der Waals surface area contributed by atoms with Gasteiger partial charge in [-0.25, -0.2) is 4.99 Å². The van der Waals surface area contributed by atoms with E-state index in [1.807, 2.05) is 6.07 Å². The van der Waals surface area contributed by atoms with Crippen molar-refractivity contribution in [2.45, 2.75) is 46.7 Å². The van der Waals surface area contributed by atoms with Crippen LogP contribution in [0.4, 0.5) is 0 Å². The summed E-state index contributed by atoms with van der Waals surface area (Å²) in [6.07, 6.45) is 1.16. The van der Waals surface area contributed by atoms with Crippen LogP contribution in [0.5, 0.6) is 5.75 Å². The molecular formula is C19H35IN4O. The van der Waals surface area contributed by atoms with Gasteiger partial charge in [-0.2, -0.15) is 0 Å². The van der Waals surface area contributed by atoms with Crippen molar-refractivity contribution in [3.63, 3.8) is 0 Å². The predicted octanol–water partition coefficient (Wildman–Crippen LogP) is 3.41. The standard InChI is InChI=1S/C19H34N4O.HI/c1-7-16(4)23(5)12-11-21-19(20-8-2)22-14-17-10-9-15(3)13-18(17)24-6;/h9-10,13,16H,7-8,11-12,14H2,1-6H3,(H2,20,21,22);1H. The van der Waals surface area contributed by atoms with Gasteiger partial charge in [0.2, 0.25) is 0 Å². The van der Waals surface area contributed by atoms with E-state index in [1.165, 1.54) is 5.56 Å². The minimum Gasteiger partial charge on any atom is -0.496 e. The normalized spacial score (nSPS) is 12.5. The molecule has 5 nitrogen and oxygen atoms in total. The van der Waals surface area contributed by atoms with Gasteiger partial charge in [-0.15, -0.1) is 24.0 Å². The van der Waals surface area contributed by atoms with Gasteiger partial charge in [0.25, 0.3) is 0 Å². The number of nitrogens with one attached hydrogen (secondary N) is 2. The van der Waals surface area contributed by atoms with Crippen LogP contribution in [0.15, 0.2) is 23.2 Å². The molecule has 144 valence electrons. The molecule has 0 bridgehead atoms. The molecule has 1 unspecified atom stereocenters. The SMILES string of the molecule is CCNC(=NCc1ccc(C)cc1OC)NCCN(C)C(C)CC.I. The number of hydrogen-bond acceptors (Lipinski definition) is 3. The van der Waals surface area contributed by atoms with Crippen molar-refractivity contribution in [3.05, 3.63) is 29.3 Å². The summed E-state index contributed by atoms with van der Waals surface area (Å²) in [6, 6.07) is 6.82. The van der Waals surface area contributed by atoms with Crippen molar-refractivity contribution >= 4 is 29.9 Å². The summed E-state index contributed by atoms with van der Waals surface area (Å²) in [7, 11) is 3.87. The van der Waals surface area contributed by atoms with Gasteiger partial charge in [0.1, 0.15) is 5.75 Å². The summed E-state index contributed by atoms with van der Waals surface area (Å²) in [5.74, 6) is 1.74. The van der Waals surface area contributed by atoms with E-state index in [2.05, 4.69) is 67.4 Å². The summed E-state index contributed by atoms with van der Waals surface area (Å²) in [6.45, 7) is 11.9. The molecule has 1 rings (SSSR count). The molecule has 1 aromatic carbocycles. The van der Waals surface area contributed by atoms with Gasteiger partial charge in [0.15, 0.2) is 5.96 Å². The number of ether oxygens (including phenoxy) is 1. The molecule has 0 saturated carbocycles. The molecule has 0 radical (unpaired) electrons. The smallest absolute Gasteiger partial charge is 0.191 e. The largest absolute Gasteiger partial charge is 0.496 e. The van der Waals surface area contributed by atoms with Crippen molar-refractivity contribution < 1.29 is 4.74 Å². The van der Waals surface area contributed by atoms with E-state index in [0.717, 1.165) is 43.3 Å². The molecule has 0 amide bonds. The Morgan fingerprint density at radius 2 is 2.00 bits per heavy atom. The number of aryl methyl sites for hydroxylation is 1. The van der Waals surface area contributed by atoms with E-state index in [9.17, 15) is 0 Å². The van der Waals surface area contributed by atoms with Crippen molar-refractivity contribution in [1.82, 2.24) is 15.5 Å². The van der Waals surface area contributed by atoms with E-state index in [4.69, 9.17) is 4.74 Å². The number of nitrogens with zero attached hydrogens (tertiary/aromatic N) is 2. The average molecular weight is 462 g/mol. The number of aliphatic imine (C=N–C) groups is 1. The lowest BCUT2D eigenvalue weighted by Gasteiger charge is -2.24. The van der Waals surface area contributed by atoms with Crippen LogP contribution >= 0.6 is 24.0 Å². The van der Waals surface area contributed by atoms with Gasteiger partial charge in [0, 0.05) is 31.2 Å². The highest BCUT2D eigenvalue weighted by atomic mass is 127. The maximum absolute atomic E-state index is 5.45. The third-order valence-electron chi connectivity index (χ3n) is 4.29. The molecule has 0 spiro atoms. The summed E-state index contributed by atoms with van der Waals surface area (Å²) >= 11 is 0. The predicted molar refractivity (Wildman–Crippen MR) is 118 cm³/mol. The van der Waals surface area contributed by atoms with Crippen LogP contribution in [0.2, 0.25) is 0 Å². The van der Waals surface area contributed by atoms with Crippen LogP contribution in [-0.4, -0.2) is 50.7 Å². The average Bonchev–Trinajstić information content (AvgIpc) is 2.59. The Balaban J connectivity index is 0.00000576. The van der Waals surface area contributed by atoms with Gasteiger partial charge >= 0.3 is 0 Å². The zero-order valence-electron chi connectivity index (χ0n) is 16.6. The van der Waals surface area contributed by atoms with Gasteiger partial charge in [-0.3, -0.25) is 0 Å². The molecule has 1 atom stereocenters. The number of hydrogen-bond donors (Lipinski definition) is 2. The minimum atomic E-state index is 0. The molecule has 0 aliphatic rings. The number of benzene rings is 1. The zero-order chi connectivity index (χ0) is 17.9. The number of guanidine groups is 1. The summed E-state index contributed by atoms with van der Waals surface area (Å²) in [4.78, 5) is 7.04. The zero-order valence-corrected chi connectivity index (χ0v) is 18.9. The molecule has 0 aromatic heterocycles. The minimum absolute atomic E-state index is 0. The van der Waals surface area contributed by atoms with Gasteiger partial charge in [0.05, 0.1) is 13.7 Å². The topological polar surface area (TPSA) is 48.9 Å². The highest BCUT2D eigenvalue weighted by molar-refractivity contribution is 14.0. The van der Waals surface area contributed by atoms with E-state index in [-0.39, 0.29) is 24.0 Å². The molecule has 25 heavy (non-hydrogen) atoms. The summed E-state index contributed by atoms with van der Waals surface area (Å²) in [5, 5.41) is 6.70. The second kappa shape index (κ2) is 13.2. The first-order chi connectivity index (χ1) is 11.5. The summed E-state index contributed by atoms with van der Waals surface area (Å²) in [5.41, 5.74) is 2.29. The first-order valence-corrected chi connectivity index (χ1v) is 8.87. The highest BCUT2D eigenvalue weighted by Gasteiger charge is 2.07. The van der Waals surface area contributed by atoms with Crippen LogP contribution < -0.4 is 15.4 Å². The Kier molecular flexibility index (Phi) is 12.7.